The lowest BCUT2D eigenvalue weighted by Crippen LogP contribution is -2.55. The van der Waals surface area contributed by atoms with Crippen LogP contribution < -0.4 is 14.5 Å². The van der Waals surface area contributed by atoms with Crippen LogP contribution in [0.5, 0.6) is 6.01 Å². The van der Waals surface area contributed by atoms with Crippen molar-refractivity contribution < 1.29 is 14.3 Å². The van der Waals surface area contributed by atoms with E-state index in [-0.39, 0.29) is 19.1 Å². The van der Waals surface area contributed by atoms with Crippen molar-refractivity contribution in [1.82, 2.24) is 19.8 Å². The monoisotopic (exact) mass is 645 g/mol. The molecule has 3 aliphatic rings. The number of hydrogen-bond donors (Lipinski definition) is 0. The number of nitriles is 1. The highest BCUT2D eigenvalue weighted by Crippen LogP contribution is 2.35. The first-order valence-corrected chi connectivity index (χ1v) is 17.2. The van der Waals surface area contributed by atoms with Gasteiger partial charge in [0.25, 0.3) is 0 Å². The van der Waals surface area contributed by atoms with Gasteiger partial charge >= 0.3 is 12.1 Å². The second kappa shape index (κ2) is 14.9. The van der Waals surface area contributed by atoms with E-state index in [2.05, 4.69) is 63.2 Å². The minimum Gasteiger partial charge on any atom is -0.462 e. The van der Waals surface area contributed by atoms with Gasteiger partial charge in [-0.2, -0.15) is 15.2 Å². The summed E-state index contributed by atoms with van der Waals surface area (Å²) >= 11 is 0. The van der Waals surface area contributed by atoms with Crippen LogP contribution >= 0.6 is 0 Å². The Kier molecular flexibility index (Phi) is 9.85. The molecule has 1 atom stereocenters. The van der Waals surface area contributed by atoms with Crippen molar-refractivity contribution in [2.45, 2.75) is 51.3 Å². The fourth-order valence-corrected chi connectivity index (χ4v) is 7.22. The first-order valence-electron chi connectivity index (χ1n) is 17.2. The normalized spacial score (nSPS) is 18.3. The number of rotatable bonds is 9. The van der Waals surface area contributed by atoms with Crippen LogP contribution in [0.2, 0.25) is 0 Å². The first kappa shape index (κ1) is 31.7. The van der Waals surface area contributed by atoms with Crippen LogP contribution in [0, 0.1) is 11.3 Å². The number of fused-ring (bicyclic) bond motifs is 2. The smallest absolute Gasteiger partial charge is 0.410 e. The molecule has 0 unspecified atom stereocenters. The molecule has 0 N–H and O–H groups in total. The molecule has 48 heavy (non-hydrogen) atoms. The molecule has 10 nitrogen and oxygen atoms in total. The molecular weight excluding hydrogens is 602 g/mol. The van der Waals surface area contributed by atoms with Crippen molar-refractivity contribution in [3.8, 4) is 12.1 Å². The number of nitrogens with zero attached hydrogens (tertiary/aromatic N) is 7. The molecule has 1 aromatic heterocycles. The van der Waals surface area contributed by atoms with Crippen molar-refractivity contribution >= 4 is 28.4 Å². The average Bonchev–Trinajstić information content (AvgIpc) is 3.14. The fourth-order valence-electron chi connectivity index (χ4n) is 7.22. The zero-order chi connectivity index (χ0) is 32.7. The number of carbonyl (C=O) groups is 1. The number of amides is 1. The molecule has 3 aromatic carbocycles. The lowest BCUT2D eigenvalue weighted by Gasteiger charge is -2.42. The summed E-state index contributed by atoms with van der Waals surface area (Å²) in [5.74, 6) is 0.853. The number of aromatic nitrogens is 2. The molecule has 2 fully saturated rings. The number of carbonyl (C=O) groups excluding carboxylic acids is 1. The molecule has 1 amide bonds. The standard InChI is InChI=1S/C38H43N7O3/c39-18-16-31-26-44(22-23-45(31)38(46)48-28-29-10-3-1-4-11-29)36-33-17-21-43(35-15-9-13-30-12-5-6-14-32(30)35)27-34(33)40-37(41-36)47-25-24-42-19-7-2-8-20-42/h1,3-6,9-15,31H,2,7-8,16-17,19-28H2/t31-/m0/s1. The van der Waals surface area contributed by atoms with E-state index < -0.39 is 6.09 Å². The average molecular weight is 646 g/mol. The summed E-state index contributed by atoms with van der Waals surface area (Å²) in [7, 11) is 0. The maximum Gasteiger partial charge on any atom is 0.410 e. The van der Waals surface area contributed by atoms with Crippen LogP contribution in [-0.2, 0) is 24.3 Å². The zero-order valence-corrected chi connectivity index (χ0v) is 27.5. The van der Waals surface area contributed by atoms with E-state index in [0.29, 0.717) is 38.8 Å². The summed E-state index contributed by atoms with van der Waals surface area (Å²) in [6, 6.07) is 27.0. The Hall–Kier alpha value is -4.88. The Morgan fingerprint density at radius 2 is 1.69 bits per heavy atom. The molecule has 2 saturated heterocycles. The van der Waals surface area contributed by atoms with Gasteiger partial charge in [0, 0.05) is 49.4 Å². The molecule has 7 rings (SSSR count). The van der Waals surface area contributed by atoms with Crippen molar-refractivity contribution in [3.05, 3.63) is 89.6 Å². The van der Waals surface area contributed by atoms with E-state index in [9.17, 15) is 10.1 Å². The summed E-state index contributed by atoms with van der Waals surface area (Å²) in [6.07, 6.45) is 4.36. The highest BCUT2D eigenvalue weighted by Gasteiger charge is 2.35. The van der Waals surface area contributed by atoms with Crippen LogP contribution in [0.1, 0.15) is 42.5 Å². The molecule has 3 aliphatic heterocycles. The zero-order valence-electron chi connectivity index (χ0n) is 27.5. The van der Waals surface area contributed by atoms with Gasteiger partial charge < -0.3 is 24.2 Å². The molecule has 4 aromatic rings. The maximum atomic E-state index is 13.2. The maximum absolute atomic E-state index is 13.2. The first-order chi connectivity index (χ1) is 23.7. The number of anilines is 2. The van der Waals surface area contributed by atoms with Gasteiger partial charge in [0.2, 0.25) is 0 Å². The quantitative estimate of drug-likeness (QED) is 0.224. The Morgan fingerprint density at radius 1 is 0.875 bits per heavy atom. The van der Waals surface area contributed by atoms with Gasteiger partial charge in [0.1, 0.15) is 19.0 Å². The summed E-state index contributed by atoms with van der Waals surface area (Å²) < 4.78 is 12.0. The third kappa shape index (κ3) is 7.16. The van der Waals surface area contributed by atoms with Crippen molar-refractivity contribution in [1.29, 1.82) is 5.26 Å². The number of ether oxygens (including phenoxy) is 2. The molecular formula is C38H43N7O3. The second-order valence-corrected chi connectivity index (χ2v) is 12.9. The molecule has 0 saturated carbocycles. The van der Waals surface area contributed by atoms with Crippen molar-refractivity contribution in [3.63, 3.8) is 0 Å². The molecule has 0 bridgehead atoms. The Balaban J connectivity index is 1.13. The van der Waals surface area contributed by atoms with Crippen molar-refractivity contribution in [2.75, 3.05) is 62.2 Å². The molecule has 0 aliphatic carbocycles. The van der Waals surface area contributed by atoms with Gasteiger partial charge in [-0.25, -0.2) is 4.79 Å². The second-order valence-electron chi connectivity index (χ2n) is 12.9. The van der Waals surface area contributed by atoms with E-state index in [4.69, 9.17) is 19.4 Å². The van der Waals surface area contributed by atoms with Gasteiger partial charge in [-0.15, -0.1) is 0 Å². The van der Waals surface area contributed by atoms with E-state index in [1.54, 1.807) is 4.90 Å². The third-order valence-electron chi connectivity index (χ3n) is 9.77. The van der Waals surface area contributed by atoms with Crippen molar-refractivity contribution in [2.24, 2.45) is 0 Å². The minimum atomic E-state index is -0.393. The molecule has 0 radical (unpaired) electrons. The van der Waals surface area contributed by atoms with Gasteiger partial charge in [-0.05, 0) is 49.4 Å². The van der Waals surface area contributed by atoms with E-state index >= 15 is 0 Å². The molecule has 248 valence electrons. The number of likely N-dealkylation sites (tertiary alicyclic amines) is 1. The number of piperidine rings is 1. The Bertz CT molecular complexity index is 1750. The summed E-state index contributed by atoms with van der Waals surface area (Å²) in [5.41, 5.74) is 4.21. The van der Waals surface area contributed by atoms with E-state index in [1.807, 2.05) is 30.3 Å². The fraction of sp³-hybridized carbons (Fsp3) is 0.421. The largest absolute Gasteiger partial charge is 0.462 e. The number of piperazine rings is 1. The highest BCUT2D eigenvalue weighted by atomic mass is 16.6. The molecule has 4 heterocycles. The number of hydrogen-bond acceptors (Lipinski definition) is 9. The van der Waals surface area contributed by atoms with Gasteiger partial charge in [-0.3, -0.25) is 4.90 Å². The number of benzene rings is 3. The molecule has 0 spiro atoms. The predicted molar refractivity (Wildman–Crippen MR) is 186 cm³/mol. The van der Waals surface area contributed by atoms with Crippen LogP contribution in [0.4, 0.5) is 16.3 Å². The molecule has 10 heteroatoms. The Morgan fingerprint density at radius 3 is 2.54 bits per heavy atom. The topological polar surface area (TPSA) is 98.1 Å². The summed E-state index contributed by atoms with van der Waals surface area (Å²) in [4.78, 5) is 32.0. The predicted octanol–water partition coefficient (Wildman–Crippen LogP) is 5.80. The van der Waals surface area contributed by atoms with Gasteiger partial charge in [-0.1, -0.05) is 73.2 Å². The van der Waals surface area contributed by atoms with Crippen LogP contribution in [0.15, 0.2) is 72.8 Å². The van der Waals surface area contributed by atoms with Crippen LogP contribution in [0.3, 0.4) is 0 Å². The van der Waals surface area contributed by atoms with Crippen LogP contribution in [0.25, 0.3) is 10.8 Å². The minimum absolute atomic E-state index is 0.198. The summed E-state index contributed by atoms with van der Waals surface area (Å²) in [5, 5.41) is 12.2. The lowest BCUT2D eigenvalue weighted by molar-refractivity contribution is 0.0767. The third-order valence-corrected chi connectivity index (χ3v) is 9.77. The highest BCUT2D eigenvalue weighted by molar-refractivity contribution is 5.94. The van der Waals surface area contributed by atoms with Gasteiger partial charge in [0.15, 0.2) is 0 Å². The van der Waals surface area contributed by atoms with Crippen LogP contribution in [-0.4, -0.2) is 84.3 Å². The van der Waals surface area contributed by atoms with Gasteiger partial charge in [0.05, 0.1) is 30.8 Å². The SMILES string of the molecule is N#CC[C@H]1CN(c2nc(OCCN3CCCCC3)nc3c2CCN(c2cccc4ccccc24)C3)CCN1C(=O)OCc1ccccc1. The lowest BCUT2D eigenvalue weighted by atomic mass is 10.0. The summed E-state index contributed by atoms with van der Waals surface area (Å²) in [6.45, 7) is 6.78. The van der Waals surface area contributed by atoms with E-state index in [0.717, 1.165) is 55.2 Å². The van der Waals surface area contributed by atoms with E-state index in [1.165, 1.54) is 35.7 Å². The Labute approximate surface area is 282 Å².